The van der Waals surface area contributed by atoms with Gasteiger partial charge in [0.1, 0.15) is 11.2 Å². The smallest absolute Gasteiger partial charge is 0.124 e. The molecular formula is C12H13N2S. The van der Waals surface area contributed by atoms with Gasteiger partial charge in [0.25, 0.3) is 0 Å². The fourth-order valence-corrected chi connectivity index (χ4v) is 2.04. The van der Waals surface area contributed by atoms with Gasteiger partial charge in [-0.1, -0.05) is 24.3 Å². The Hall–Kier alpha value is -1.19. The molecule has 2 aromatic rings. The van der Waals surface area contributed by atoms with Crippen LogP contribution in [0.3, 0.4) is 0 Å². The van der Waals surface area contributed by atoms with E-state index >= 15 is 0 Å². The van der Waals surface area contributed by atoms with Gasteiger partial charge >= 0.3 is 0 Å². The topological polar surface area (TPSA) is 16.1 Å². The van der Waals surface area contributed by atoms with E-state index in [0.29, 0.717) is 0 Å². The van der Waals surface area contributed by atoms with Crippen LogP contribution in [0.5, 0.6) is 0 Å². The second-order valence-electron chi connectivity index (χ2n) is 3.72. The summed E-state index contributed by atoms with van der Waals surface area (Å²) in [6.07, 6.45) is 2.84. The van der Waals surface area contributed by atoms with Gasteiger partial charge in [-0.2, -0.15) is 0 Å². The molecular weight excluding hydrogens is 204 g/mol. The van der Waals surface area contributed by atoms with Crippen LogP contribution >= 0.6 is 11.3 Å². The number of thiazole rings is 1. The molecule has 0 unspecified atom stereocenters. The van der Waals surface area contributed by atoms with Crippen LogP contribution in [0.25, 0.3) is 10.6 Å². The summed E-state index contributed by atoms with van der Waals surface area (Å²) >= 11 is 1.62. The molecule has 0 atom stereocenters. The highest BCUT2D eigenvalue weighted by molar-refractivity contribution is 7.13. The molecule has 1 aromatic heterocycles. The van der Waals surface area contributed by atoms with Gasteiger partial charge in [0.05, 0.1) is 0 Å². The second-order valence-corrected chi connectivity index (χ2v) is 4.57. The van der Waals surface area contributed by atoms with Crippen molar-refractivity contribution in [1.29, 1.82) is 0 Å². The van der Waals surface area contributed by atoms with E-state index in [1.807, 2.05) is 5.38 Å². The van der Waals surface area contributed by atoms with Gasteiger partial charge in [0.2, 0.25) is 0 Å². The molecule has 0 amide bonds. The van der Waals surface area contributed by atoms with Crippen LogP contribution in [0.2, 0.25) is 0 Å². The molecule has 0 aliphatic carbocycles. The number of nitrogens with zero attached hydrogens (tertiary/aromatic N) is 2. The number of hydrogen-bond acceptors (Lipinski definition) is 3. The van der Waals surface area contributed by atoms with Crippen molar-refractivity contribution < 1.29 is 0 Å². The molecule has 0 N–H and O–H groups in total. The second kappa shape index (κ2) is 4.55. The first-order valence-electron chi connectivity index (χ1n) is 4.81. The lowest BCUT2D eigenvalue weighted by Crippen LogP contribution is -2.10. The first kappa shape index (κ1) is 10.3. The van der Waals surface area contributed by atoms with Crippen LogP contribution in [0.4, 0.5) is 0 Å². The Morgan fingerprint density at radius 3 is 2.53 bits per heavy atom. The van der Waals surface area contributed by atoms with Crippen molar-refractivity contribution >= 4 is 11.3 Å². The Bertz CT molecular complexity index is 404. The maximum Gasteiger partial charge on any atom is 0.124 e. The molecule has 2 nitrogen and oxygen atoms in total. The SMILES string of the molecule is CN(C)Cc1ccc(-c2n[c]cs2)cc1. The van der Waals surface area contributed by atoms with Crippen LogP contribution in [0.15, 0.2) is 29.6 Å². The zero-order chi connectivity index (χ0) is 10.7. The zero-order valence-electron chi connectivity index (χ0n) is 8.90. The fraction of sp³-hybridized carbons (Fsp3) is 0.250. The van der Waals surface area contributed by atoms with E-state index in [9.17, 15) is 0 Å². The first-order valence-corrected chi connectivity index (χ1v) is 5.69. The van der Waals surface area contributed by atoms with Gasteiger partial charge in [-0.25, -0.2) is 4.98 Å². The monoisotopic (exact) mass is 217 g/mol. The van der Waals surface area contributed by atoms with Gasteiger partial charge in [0.15, 0.2) is 0 Å². The number of aromatic nitrogens is 1. The van der Waals surface area contributed by atoms with Crippen molar-refractivity contribution in [2.45, 2.75) is 6.54 Å². The molecule has 0 aliphatic heterocycles. The van der Waals surface area contributed by atoms with E-state index in [1.165, 1.54) is 11.1 Å². The van der Waals surface area contributed by atoms with Crippen LogP contribution < -0.4 is 0 Å². The molecule has 1 heterocycles. The van der Waals surface area contributed by atoms with E-state index < -0.39 is 0 Å². The van der Waals surface area contributed by atoms with E-state index in [2.05, 4.69) is 54.4 Å². The van der Waals surface area contributed by atoms with E-state index in [-0.39, 0.29) is 0 Å². The van der Waals surface area contributed by atoms with Crippen molar-refractivity contribution in [2.24, 2.45) is 0 Å². The fourth-order valence-electron chi connectivity index (χ4n) is 1.44. The highest BCUT2D eigenvalue weighted by Crippen LogP contribution is 2.21. The lowest BCUT2D eigenvalue weighted by atomic mass is 10.1. The summed E-state index contributed by atoms with van der Waals surface area (Å²) in [4.78, 5) is 6.32. The molecule has 1 radical (unpaired) electrons. The number of rotatable bonds is 3. The average Bonchev–Trinajstić information content (AvgIpc) is 2.71. The van der Waals surface area contributed by atoms with Gasteiger partial charge in [0, 0.05) is 17.5 Å². The maximum atomic E-state index is 4.16. The Balaban J connectivity index is 2.17. The van der Waals surface area contributed by atoms with E-state index in [1.54, 1.807) is 11.3 Å². The summed E-state index contributed by atoms with van der Waals surface area (Å²) in [6, 6.07) is 8.53. The lowest BCUT2D eigenvalue weighted by molar-refractivity contribution is 0.402. The van der Waals surface area contributed by atoms with Gasteiger partial charge < -0.3 is 4.90 Å². The van der Waals surface area contributed by atoms with Crippen molar-refractivity contribution in [3.05, 3.63) is 41.4 Å². The maximum absolute atomic E-state index is 4.16. The Labute approximate surface area is 94.2 Å². The third-order valence-corrected chi connectivity index (χ3v) is 2.86. The van der Waals surface area contributed by atoms with Crippen molar-refractivity contribution in [3.63, 3.8) is 0 Å². The molecule has 0 fully saturated rings. The van der Waals surface area contributed by atoms with Gasteiger partial charge in [-0.15, -0.1) is 11.3 Å². The zero-order valence-corrected chi connectivity index (χ0v) is 9.71. The number of benzene rings is 1. The summed E-state index contributed by atoms with van der Waals surface area (Å²) in [5.41, 5.74) is 2.49. The number of hydrogen-bond donors (Lipinski definition) is 0. The minimum Gasteiger partial charge on any atom is -0.305 e. The minimum atomic E-state index is 0.976. The summed E-state index contributed by atoms with van der Waals surface area (Å²) < 4.78 is 0. The van der Waals surface area contributed by atoms with Crippen molar-refractivity contribution in [3.8, 4) is 10.6 Å². The summed E-state index contributed by atoms with van der Waals surface area (Å²) in [5, 5.41) is 2.91. The Morgan fingerprint density at radius 2 is 2.00 bits per heavy atom. The normalized spacial score (nSPS) is 10.9. The highest BCUT2D eigenvalue weighted by Gasteiger charge is 2.00. The third kappa shape index (κ3) is 2.64. The molecule has 0 saturated heterocycles. The predicted octanol–water partition coefficient (Wildman–Crippen LogP) is 2.67. The Morgan fingerprint density at radius 1 is 1.27 bits per heavy atom. The van der Waals surface area contributed by atoms with E-state index in [4.69, 9.17) is 0 Å². The predicted molar refractivity (Wildman–Crippen MR) is 63.8 cm³/mol. The van der Waals surface area contributed by atoms with Crippen molar-refractivity contribution in [1.82, 2.24) is 9.88 Å². The minimum absolute atomic E-state index is 0.976. The summed E-state index contributed by atoms with van der Waals surface area (Å²) in [6.45, 7) is 0.976. The van der Waals surface area contributed by atoms with Crippen LogP contribution in [-0.2, 0) is 6.54 Å². The standard InChI is InChI=1S/C12H13N2S/c1-14(2)9-10-3-5-11(6-4-10)12-13-7-8-15-12/h3-6,8H,9H2,1-2H3. The van der Waals surface area contributed by atoms with Crippen molar-refractivity contribution in [2.75, 3.05) is 14.1 Å². The molecule has 2 rings (SSSR count). The molecule has 0 bridgehead atoms. The quantitative estimate of drug-likeness (QED) is 0.785. The Kier molecular flexibility index (Phi) is 3.14. The summed E-state index contributed by atoms with van der Waals surface area (Å²) in [7, 11) is 4.15. The molecule has 15 heavy (non-hydrogen) atoms. The van der Waals surface area contributed by atoms with Gasteiger partial charge in [-0.05, 0) is 19.7 Å². The van der Waals surface area contributed by atoms with E-state index in [0.717, 1.165) is 11.6 Å². The molecule has 77 valence electrons. The molecule has 3 heteroatoms. The summed E-state index contributed by atoms with van der Waals surface area (Å²) in [5.74, 6) is 0. The molecule has 1 aromatic carbocycles. The van der Waals surface area contributed by atoms with Crippen LogP contribution in [-0.4, -0.2) is 24.0 Å². The largest absolute Gasteiger partial charge is 0.305 e. The molecule has 0 saturated carbocycles. The lowest BCUT2D eigenvalue weighted by Gasteiger charge is -2.09. The highest BCUT2D eigenvalue weighted by atomic mass is 32.1. The average molecular weight is 217 g/mol. The van der Waals surface area contributed by atoms with Crippen LogP contribution in [0.1, 0.15) is 5.56 Å². The molecule has 0 spiro atoms. The third-order valence-electron chi connectivity index (χ3n) is 2.09. The molecule has 0 aliphatic rings. The first-order chi connectivity index (χ1) is 7.25. The van der Waals surface area contributed by atoms with Crippen LogP contribution in [0, 0.1) is 6.20 Å². The van der Waals surface area contributed by atoms with Gasteiger partial charge in [-0.3, -0.25) is 0 Å².